The molecule has 1 aromatic heterocycles. The average molecular weight is 207 g/mol. The number of carbonyl (C=O) groups is 1. The van der Waals surface area contributed by atoms with Gasteiger partial charge >= 0.3 is 0 Å². The molecule has 1 rings (SSSR count). The molecule has 0 spiro atoms. The van der Waals surface area contributed by atoms with Gasteiger partial charge in [0.1, 0.15) is 5.78 Å². The molecule has 0 atom stereocenters. The molecule has 0 bridgehead atoms. The summed E-state index contributed by atoms with van der Waals surface area (Å²) in [6, 6.07) is 3.59. The second kappa shape index (κ2) is 4.43. The highest BCUT2D eigenvalue weighted by Crippen LogP contribution is 2.23. The molecule has 1 aromatic rings. The summed E-state index contributed by atoms with van der Waals surface area (Å²) < 4.78 is 0.764. The van der Waals surface area contributed by atoms with Crippen molar-refractivity contribution in [2.75, 3.05) is 0 Å². The van der Waals surface area contributed by atoms with Gasteiger partial charge in [0.15, 0.2) is 12.4 Å². The Morgan fingerprint density at radius 3 is 2.40 bits per heavy atom. The Hall–Kier alpha value is -1.38. The molecule has 0 saturated carbocycles. The van der Waals surface area contributed by atoms with E-state index >= 15 is 0 Å². The minimum Gasteiger partial charge on any atom is -0.619 e. The molecule has 0 aromatic carbocycles. The number of aromatic nitrogens is 1. The van der Waals surface area contributed by atoms with Gasteiger partial charge in [-0.1, -0.05) is 13.8 Å². The van der Waals surface area contributed by atoms with Crippen LogP contribution in [0.25, 0.3) is 0 Å². The maximum Gasteiger partial charge on any atom is 0.180 e. The molecule has 82 valence electrons. The normalized spacial score (nSPS) is 11.4. The summed E-state index contributed by atoms with van der Waals surface area (Å²) in [6.45, 7) is 5.52. The Bertz CT molecular complexity index is 341. The third-order valence-electron chi connectivity index (χ3n) is 2.86. The molecule has 0 unspecified atom stereocenters. The molecule has 3 nitrogen and oxygen atoms in total. The third-order valence-corrected chi connectivity index (χ3v) is 2.86. The maximum absolute atomic E-state index is 11.3. The van der Waals surface area contributed by atoms with Gasteiger partial charge in [-0.15, -0.1) is 0 Å². The lowest BCUT2D eigenvalue weighted by Gasteiger charge is -2.20. The van der Waals surface area contributed by atoms with Gasteiger partial charge in [0.2, 0.25) is 0 Å². The first kappa shape index (κ1) is 11.7. The Morgan fingerprint density at radius 1 is 1.40 bits per heavy atom. The highest BCUT2D eigenvalue weighted by atomic mass is 16.5. The van der Waals surface area contributed by atoms with Crippen LogP contribution in [0.1, 0.15) is 32.8 Å². The zero-order valence-electron chi connectivity index (χ0n) is 9.49. The van der Waals surface area contributed by atoms with E-state index in [0.29, 0.717) is 0 Å². The Balaban J connectivity index is 2.57. The van der Waals surface area contributed by atoms with Crippen molar-refractivity contribution in [3.05, 3.63) is 35.3 Å². The van der Waals surface area contributed by atoms with E-state index in [4.69, 9.17) is 0 Å². The fourth-order valence-electron chi connectivity index (χ4n) is 1.24. The number of pyridine rings is 1. The predicted molar refractivity (Wildman–Crippen MR) is 58.2 cm³/mol. The molecule has 1 heterocycles. The van der Waals surface area contributed by atoms with Crippen LogP contribution in [0.4, 0.5) is 0 Å². The van der Waals surface area contributed by atoms with E-state index in [0.717, 1.165) is 23.1 Å². The molecule has 0 aliphatic carbocycles. The van der Waals surface area contributed by atoms with Gasteiger partial charge in [-0.25, -0.2) is 0 Å². The van der Waals surface area contributed by atoms with Gasteiger partial charge in [0.05, 0.1) is 0 Å². The number of nitrogens with zero attached hydrogens (tertiary/aromatic N) is 1. The molecule has 3 heteroatoms. The number of aryl methyl sites for hydroxylation is 1. The van der Waals surface area contributed by atoms with Crippen molar-refractivity contribution in [1.29, 1.82) is 0 Å². The van der Waals surface area contributed by atoms with E-state index in [1.807, 2.05) is 13.8 Å². The van der Waals surface area contributed by atoms with E-state index in [2.05, 4.69) is 0 Å². The number of hydrogen-bond acceptors (Lipinski definition) is 2. The topological polar surface area (TPSA) is 44.0 Å². The summed E-state index contributed by atoms with van der Waals surface area (Å²) >= 11 is 0. The van der Waals surface area contributed by atoms with Crippen molar-refractivity contribution in [3.63, 3.8) is 0 Å². The van der Waals surface area contributed by atoms with E-state index in [-0.39, 0.29) is 11.2 Å². The van der Waals surface area contributed by atoms with Crippen LogP contribution in [0, 0.1) is 10.6 Å². The van der Waals surface area contributed by atoms with E-state index in [1.165, 1.54) is 12.4 Å². The largest absolute Gasteiger partial charge is 0.619 e. The van der Waals surface area contributed by atoms with Crippen molar-refractivity contribution in [2.24, 2.45) is 5.41 Å². The van der Waals surface area contributed by atoms with Gasteiger partial charge in [-0.2, -0.15) is 4.73 Å². The van der Waals surface area contributed by atoms with Crippen LogP contribution in [0.15, 0.2) is 24.5 Å². The highest BCUT2D eigenvalue weighted by molar-refractivity contribution is 5.81. The molecular weight excluding hydrogens is 190 g/mol. The highest BCUT2D eigenvalue weighted by Gasteiger charge is 2.22. The Labute approximate surface area is 90.3 Å². The molecule has 15 heavy (non-hydrogen) atoms. The Kier molecular flexibility index (Phi) is 3.45. The molecular formula is C12H17NO2. The first-order chi connectivity index (χ1) is 6.92. The SMILES string of the molecule is CC(=O)C(C)(C)CCc1cc[n+]([O-])cc1. The predicted octanol–water partition coefficient (Wildman–Crippen LogP) is 1.87. The molecule has 0 amide bonds. The van der Waals surface area contributed by atoms with Crippen molar-refractivity contribution in [1.82, 2.24) is 0 Å². The quantitative estimate of drug-likeness (QED) is 0.559. The first-order valence-electron chi connectivity index (χ1n) is 5.10. The van der Waals surface area contributed by atoms with Crippen LogP contribution in [0.2, 0.25) is 0 Å². The van der Waals surface area contributed by atoms with Crippen LogP contribution in [0.5, 0.6) is 0 Å². The van der Waals surface area contributed by atoms with E-state index < -0.39 is 0 Å². The minimum absolute atomic E-state index is 0.206. The van der Waals surface area contributed by atoms with E-state index in [9.17, 15) is 10.0 Å². The zero-order valence-corrected chi connectivity index (χ0v) is 9.49. The van der Waals surface area contributed by atoms with Gasteiger partial charge in [-0.05, 0) is 25.3 Å². The summed E-state index contributed by atoms with van der Waals surface area (Å²) in [6.07, 6.45) is 4.60. The standard InChI is InChI=1S/C12H17NO2/c1-10(14)12(2,3)7-4-11-5-8-13(15)9-6-11/h5-6,8-9H,4,7H2,1-3H3. The van der Waals surface area contributed by atoms with Crippen molar-refractivity contribution in [3.8, 4) is 0 Å². The van der Waals surface area contributed by atoms with Gasteiger partial charge in [-0.3, -0.25) is 4.79 Å². The number of rotatable bonds is 4. The number of carbonyl (C=O) groups excluding carboxylic acids is 1. The summed E-state index contributed by atoms with van der Waals surface area (Å²) in [5.74, 6) is 0.206. The molecule has 0 radical (unpaired) electrons. The molecule has 0 aliphatic rings. The van der Waals surface area contributed by atoms with Crippen molar-refractivity contribution in [2.45, 2.75) is 33.6 Å². The van der Waals surface area contributed by atoms with E-state index in [1.54, 1.807) is 19.1 Å². The number of Topliss-reactive ketones (excluding diaryl/α,β-unsaturated/α-hetero) is 1. The summed E-state index contributed by atoms with van der Waals surface area (Å²) in [4.78, 5) is 11.3. The number of ketones is 1. The fraction of sp³-hybridized carbons (Fsp3) is 0.500. The molecule has 0 aliphatic heterocycles. The van der Waals surface area contributed by atoms with Crippen LogP contribution < -0.4 is 4.73 Å². The molecule has 0 N–H and O–H groups in total. The molecule has 0 fully saturated rings. The summed E-state index contributed by atoms with van der Waals surface area (Å²) in [5.41, 5.74) is 0.819. The minimum atomic E-state index is -0.275. The maximum atomic E-state index is 11.3. The van der Waals surface area contributed by atoms with Crippen LogP contribution in [0.3, 0.4) is 0 Å². The van der Waals surface area contributed by atoms with Crippen molar-refractivity contribution >= 4 is 5.78 Å². The summed E-state index contributed by atoms with van der Waals surface area (Å²) in [5, 5.41) is 10.8. The summed E-state index contributed by atoms with van der Waals surface area (Å²) in [7, 11) is 0. The van der Waals surface area contributed by atoms with Gasteiger partial charge < -0.3 is 5.21 Å². The van der Waals surface area contributed by atoms with Crippen LogP contribution in [-0.2, 0) is 11.2 Å². The second-order valence-electron chi connectivity index (χ2n) is 4.51. The van der Waals surface area contributed by atoms with Crippen LogP contribution in [-0.4, -0.2) is 5.78 Å². The third kappa shape index (κ3) is 3.35. The fourth-order valence-corrected chi connectivity index (χ4v) is 1.24. The number of hydrogen-bond donors (Lipinski definition) is 0. The first-order valence-corrected chi connectivity index (χ1v) is 5.10. The average Bonchev–Trinajstić information content (AvgIpc) is 2.17. The monoisotopic (exact) mass is 207 g/mol. The lowest BCUT2D eigenvalue weighted by molar-refractivity contribution is -0.605. The van der Waals surface area contributed by atoms with Gasteiger partial charge in [0, 0.05) is 17.5 Å². The zero-order chi connectivity index (χ0) is 11.5. The van der Waals surface area contributed by atoms with Gasteiger partial charge in [0.25, 0.3) is 0 Å². The van der Waals surface area contributed by atoms with Crippen molar-refractivity contribution < 1.29 is 9.52 Å². The lowest BCUT2D eigenvalue weighted by Crippen LogP contribution is -2.24. The second-order valence-corrected chi connectivity index (χ2v) is 4.51. The lowest BCUT2D eigenvalue weighted by atomic mass is 9.83. The molecule has 0 saturated heterocycles. The van der Waals surface area contributed by atoms with Crippen LogP contribution >= 0.6 is 0 Å². The smallest absolute Gasteiger partial charge is 0.180 e. The Morgan fingerprint density at radius 2 is 1.93 bits per heavy atom.